The molecule has 0 saturated carbocycles. The Morgan fingerprint density at radius 3 is 2.62 bits per heavy atom. The highest BCUT2D eigenvalue weighted by molar-refractivity contribution is 7.99. The number of amides is 1. The van der Waals surface area contributed by atoms with E-state index in [-0.39, 0.29) is 12.4 Å². The molecule has 76 valence electrons. The highest BCUT2D eigenvalue weighted by atomic mass is 32.2. The predicted molar refractivity (Wildman–Crippen MR) is 47.0 cm³/mol. The second-order valence-electron chi connectivity index (χ2n) is 2.37. The molecule has 0 aliphatic carbocycles. The minimum atomic E-state index is -1.30. The van der Waals surface area contributed by atoms with Crippen molar-refractivity contribution in [1.29, 1.82) is 0 Å². The van der Waals surface area contributed by atoms with Gasteiger partial charge in [0.15, 0.2) is 0 Å². The number of carboxylic acid groups (broad SMARTS) is 1. The van der Waals surface area contributed by atoms with E-state index < -0.39 is 17.9 Å². The van der Waals surface area contributed by atoms with Crippen molar-refractivity contribution in [2.45, 2.75) is 13.0 Å². The number of aliphatic hydroxyl groups is 1. The number of aliphatic carboxylic acids is 1. The molecule has 0 radical (unpaired) electrons. The van der Waals surface area contributed by atoms with Crippen molar-refractivity contribution in [1.82, 2.24) is 5.32 Å². The van der Waals surface area contributed by atoms with Crippen LogP contribution in [0.15, 0.2) is 0 Å². The summed E-state index contributed by atoms with van der Waals surface area (Å²) in [7, 11) is 0. The summed E-state index contributed by atoms with van der Waals surface area (Å²) >= 11 is 1.25. The normalized spacial score (nSPS) is 12.2. The number of carbonyl (C=O) groups is 2. The molecule has 0 spiro atoms. The Morgan fingerprint density at radius 1 is 1.62 bits per heavy atom. The minimum absolute atomic E-state index is 0.00942. The Kier molecular flexibility index (Phi) is 6.34. The van der Waals surface area contributed by atoms with E-state index in [1.54, 1.807) is 0 Å². The summed E-state index contributed by atoms with van der Waals surface area (Å²) in [5.41, 5.74) is 0. The molecular weight excluding hydrogens is 194 g/mol. The molecule has 5 nitrogen and oxygen atoms in total. The van der Waals surface area contributed by atoms with Crippen molar-refractivity contribution in [2.75, 3.05) is 18.1 Å². The topological polar surface area (TPSA) is 89.5 Å². The van der Waals surface area contributed by atoms with E-state index in [2.05, 4.69) is 5.32 Å². The number of nitrogens with one attached hydrogen (secondary N) is 1. The molecule has 2 N–H and O–H groups in total. The summed E-state index contributed by atoms with van der Waals surface area (Å²) in [6.07, 6.45) is 0. The summed E-state index contributed by atoms with van der Waals surface area (Å²) in [6.45, 7) is 1.23. The number of aliphatic hydroxyl groups excluding tert-OH is 1. The standard InChI is InChI=1S/C7H13NO4S/c1-5(10)8-6(7(11)12)4-13-3-2-9/h6,9H,2-4H2,1H3,(H,8,10)(H,11,12)/p-1/t6-/m0/s1. The Bertz CT molecular complexity index is 185. The van der Waals surface area contributed by atoms with Crippen LogP contribution < -0.4 is 10.4 Å². The van der Waals surface area contributed by atoms with Crippen LogP contribution in [0, 0.1) is 0 Å². The lowest BCUT2D eigenvalue weighted by atomic mass is 10.3. The maximum Gasteiger partial charge on any atom is 0.217 e. The van der Waals surface area contributed by atoms with Gasteiger partial charge in [-0.2, -0.15) is 11.8 Å². The first kappa shape index (κ1) is 12.2. The average molecular weight is 206 g/mol. The fourth-order valence-electron chi connectivity index (χ4n) is 0.680. The molecule has 0 aromatic heterocycles. The summed E-state index contributed by atoms with van der Waals surface area (Å²) < 4.78 is 0. The zero-order valence-electron chi connectivity index (χ0n) is 7.28. The minimum Gasteiger partial charge on any atom is -0.548 e. The van der Waals surface area contributed by atoms with Gasteiger partial charge in [0.1, 0.15) is 0 Å². The number of thioether (sulfide) groups is 1. The van der Waals surface area contributed by atoms with Crippen LogP contribution in [-0.2, 0) is 9.59 Å². The van der Waals surface area contributed by atoms with E-state index in [1.165, 1.54) is 18.7 Å². The Balaban J connectivity index is 3.81. The van der Waals surface area contributed by atoms with Crippen LogP contribution in [0.3, 0.4) is 0 Å². The van der Waals surface area contributed by atoms with Crippen LogP contribution in [0.25, 0.3) is 0 Å². The Labute approximate surface area is 80.5 Å². The first-order valence-electron chi connectivity index (χ1n) is 3.74. The van der Waals surface area contributed by atoms with Gasteiger partial charge in [-0.25, -0.2) is 0 Å². The van der Waals surface area contributed by atoms with Gasteiger partial charge in [-0.15, -0.1) is 0 Å². The summed E-state index contributed by atoms with van der Waals surface area (Å²) in [4.78, 5) is 21.0. The summed E-state index contributed by atoms with van der Waals surface area (Å²) in [6, 6.07) is -0.978. The number of hydrogen-bond donors (Lipinski definition) is 2. The fourth-order valence-corrected chi connectivity index (χ4v) is 1.43. The first-order chi connectivity index (χ1) is 6.07. The van der Waals surface area contributed by atoms with Crippen LogP contribution in [0.5, 0.6) is 0 Å². The highest BCUT2D eigenvalue weighted by Gasteiger charge is 2.10. The molecule has 13 heavy (non-hydrogen) atoms. The molecule has 0 heterocycles. The third-order valence-electron chi connectivity index (χ3n) is 1.18. The molecular formula is C7H12NO4S-. The van der Waals surface area contributed by atoms with Crippen LogP contribution in [-0.4, -0.2) is 41.1 Å². The molecule has 0 saturated heterocycles. The average Bonchev–Trinajstić information content (AvgIpc) is 2.02. The third-order valence-corrected chi connectivity index (χ3v) is 2.22. The van der Waals surface area contributed by atoms with Gasteiger partial charge < -0.3 is 20.3 Å². The highest BCUT2D eigenvalue weighted by Crippen LogP contribution is 2.01. The van der Waals surface area contributed by atoms with E-state index >= 15 is 0 Å². The molecule has 0 aromatic rings. The van der Waals surface area contributed by atoms with Gasteiger partial charge in [0.25, 0.3) is 0 Å². The van der Waals surface area contributed by atoms with E-state index in [4.69, 9.17) is 5.11 Å². The quantitative estimate of drug-likeness (QED) is 0.489. The molecule has 0 bridgehead atoms. The van der Waals surface area contributed by atoms with Crippen LogP contribution >= 0.6 is 11.8 Å². The van der Waals surface area contributed by atoms with E-state index in [0.29, 0.717) is 5.75 Å². The lowest BCUT2D eigenvalue weighted by Crippen LogP contribution is -2.48. The van der Waals surface area contributed by atoms with Gasteiger partial charge in [0.2, 0.25) is 5.91 Å². The van der Waals surface area contributed by atoms with Gasteiger partial charge in [-0.3, -0.25) is 4.79 Å². The van der Waals surface area contributed by atoms with Crippen molar-refractivity contribution >= 4 is 23.6 Å². The monoisotopic (exact) mass is 206 g/mol. The van der Waals surface area contributed by atoms with Crippen LogP contribution in [0.4, 0.5) is 0 Å². The second-order valence-corrected chi connectivity index (χ2v) is 3.52. The van der Waals surface area contributed by atoms with Gasteiger partial charge in [0.05, 0.1) is 18.6 Å². The maximum atomic E-state index is 10.5. The summed E-state index contributed by atoms with van der Waals surface area (Å²) in [5.74, 6) is -1.05. The SMILES string of the molecule is CC(=O)N[C@@H](CSCCO)C(=O)[O-]. The van der Waals surface area contributed by atoms with Gasteiger partial charge in [-0.05, 0) is 0 Å². The molecule has 1 amide bonds. The number of carbonyl (C=O) groups excluding carboxylic acids is 2. The lowest BCUT2D eigenvalue weighted by molar-refractivity contribution is -0.307. The van der Waals surface area contributed by atoms with Crippen molar-refractivity contribution in [3.05, 3.63) is 0 Å². The predicted octanol–water partition coefficient (Wildman–Crippen LogP) is -2.03. The maximum absolute atomic E-state index is 10.5. The van der Waals surface area contributed by atoms with Gasteiger partial charge in [0, 0.05) is 18.4 Å². The van der Waals surface area contributed by atoms with E-state index in [0.717, 1.165) is 0 Å². The summed E-state index contributed by atoms with van der Waals surface area (Å²) in [5, 5.41) is 21.1. The molecule has 6 heteroatoms. The number of rotatable bonds is 6. The van der Waals surface area contributed by atoms with Crippen molar-refractivity contribution in [3.63, 3.8) is 0 Å². The van der Waals surface area contributed by atoms with Crippen LogP contribution in [0.2, 0.25) is 0 Å². The smallest absolute Gasteiger partial charge is 0.217 e. The number of hydrogen-bond acceptors (Lipinski definition) is 5. The molecule has 0 unspecified atom stereocenters. The zero-order chi connectivity index (χ0) is 10.3. The zero-order valence-corrected chi connectivity index (χ0v) is 8.10. The first-order valence-corrected chi connectivity index (χ1v) is 4.90. The molecule has 0 aromatic carbocycles. The van der Waals surface area contributed by atoms with Gasteiger partial charge >= 0.3 is 0 Å². The molecule has 0 aliphatic rings. The van der Waals surface area contributed by atoms with Crippen molar-refractivity contribution < 1.29 is 19.8 Å². The largest absolute Gasteiger partial charge is 0.548 e. The van der Waals surface area contributed by atoms with Crippen LogP contribution in [0.1, 0.15) is 6.92 Å². The van der Waals surface area contributed by atoms with Crippen molar-refractivity contribution in [3.8, 4) is 0 Å². The third kappa shape index (κ3) is 6.41. The molecule has 0 aliphatic heterocycles. The fraction of sp³-hybridized carbons (Fsp3) is 0.714. The van der Waals surface area contributed by atoms with E-state index in [9.17, 15) is 14.7 Å². The second kappa shape index (κ2) is 6.73. The Morgan fingerprint density at radius 2 is 2.23 bits per heavy atom. The van der Waals surface area contributed by atoms with Crippen molar-refractivity contribution in [2.24, 2.45) is 0 Å². The number of carboxylic acids is 1. The molecule has 0 fully saturated rings. The molecule has 1 atom stereocenters. The van der Waals surface area contributed by atoms with E-state index in [1.807, 2.05) is 0 Å². The Hall–Kier alpha value is -0.750. The molecule has 0 rings (SSSR count). The van der Waals surface area contributed by atoms with Gasteiger partial charge in [-0.1, -0.05) is 0 Å². The lowest BCUT2D eigenvalue weighted by Gasteiger charge is -2.17.